The summed E-state index contributed by atoms with van der Waals surface area (Å²) in [6.45, 7) is 0. The number of rotatable bonds is 10. The largest absolute Gasteiger partial charge is 0.309 e. The average molecular weight is 1030 g/mol. The van der Waals surface area contributed by atoms with Crippen LogP contribution < -0.4 is 20.7 Å². The zero-order valence-electron chi connectivity index (χ0n) is 44.0. The normalized spacial score (nSPS) is 18.8. The molecule has 3 aromatic heterocycles. The Morgan fingerprint density at radius 3 is 1.38 bits per heavy atom. The van der Waals surface area contributed by atoms with Crippen molar-refractivity contribution in [3.63, 3.8) is 0 Å². The van der Waals surface area contributed by atoms with Gasteiger partial charge < -0.3 is 9.13 Å². The molecule has 4 bridgehead atoms. The summed E-state index contributed by atoms with van der Waals surface area (Å²) in [5.74, 6) is 4.67. The van der Waals surface area contributed by atoms with Crippen molar-refractivity contribution in [2.24, 2.45) is 17.8 Å². The van der Waals surface area contributed by atoms with Gasteiger partial charge in [0.05, 0.1) is 27.8 Å². The predicted octanol–water partition coefficient (Wildman–Crippen LogP) is 14.9. The highest BCUT2D eigenvalue weighted by molar-refractivity contribution is 7.19. The molecule has 10 aromatic carbocycles. The Morgan fingerprint density at radius 2 is 0.797 bits per heavy atom. The second kappa shape index (κ2) is 18.3. The lowest BCUT2D eigenvalue weighted by Crippen LogP contribution is -2.74. The number of hydrogen-bond donors (Lipinski definition) is 0. The molecule has 4 aliphatic rings. The third kappa shape index (κ3) is 7.38. The summed E-state index contributed by atoms with van der Waals surface area (Å²) in [5.41, 5.74) is 11.0. The van der Waals surface area contributed by atoms with Crippen molar-refractivity contribution in [3.05, 3.63) is 261 Å². The molecule has 0 unspecified atom stereocenters. The van der Waals surface area contributed by atoms with E-state index in [9.17, 15) is 0 Å². The Bertz CT molecular complexity index is 4280. The van der Waals surface area contributed by atoms with Crippen molar-refractivity contribution >= 4 is 72.4 Å². The minimum absolute atomic E-state index is 0.0571. The van der Waals surface area contributed by atoms with E-state index in [0.29, 0.717) is 0 Å². The van der Waals surface area contributed by atoms with Crippen LogP contribution in [0.4, 0.5) is 0 Å². The zero-order valence-corrected chi connectivity index (χ0v) is 45.0. The maximum atomic E-state index is 5.83. The molecule has 79 heavy (non-hydrogen) atoms. The number of benzene rings is 10. The fourth-order valence-electron chi connectivity index (χ4n) is 15.5. The summed E-state index contributed by atoms with van der Waals surface area (Å²) in [6, 6.07) is 94.3. The van der Waals surface area contributed by atoms with E-state index in [1.807, 2.05) is 0 Å². The molecule has 0 saturated heterocycles. The van der Waals surface area contributed by atoms with Gasteiger partial charge in [-0.25, -0.2) is 15.0 Å². The first kappa shape index (κ1) is 46.2. The fourth-order valence-corrected chi connectivity index (χ4v) is 20.3. The number of fused-ring (bicyclic) bond motifs is 6. The van der Waals surface area contributed by atoms with Gasteiger partial charge in [0.1, 0.15) is 5.82 Å². The molecule has 4 aliphatic carbocycles. The van der Waals surface area contributed by atoms with Crippen LogP contribution >= 0.6 is 0 Å². The molecule has 0 aliphatic heterocycles. The lowest BCUT2D eigenvalue weighted by atomic mass is 9.49. The molecule has 6 heteroatoms. The first-order valence-corrected chi connectivity index (χ1v) is 30.3. The van der Waals surface area contributed by atoms with Crippen molar-refractivity contribution < 1.29 is 0 Å². The van der Waals surface area contributed by atoms with E-state index >= 15 is 0 Å². The molecular formula is C73H57N5Si. The Labute approximate surface area is 461 Å². The van der Waals surface area contributed by atoms with Gasteiger partial charge >= 0.3 is 0 Å². The van der Waals surface area contributed by atoms with Gasteiger partial charge in [-0.3, -0.25) is 0 Å². The summed E-state index contributed by atoms with van der Waals surface area (Å²) in [5, 5.41) is 10.3. The molecule has 13 aromatic rings. The molecular weight excluding hydrogens is 975 g/mol. The summed E-state index contributed by atoms with van der Waals surface area (Å²) in [4.78, 5) is 17.0. The van der Waals surface area contributed by atoms with Gasteiger partial charge in [0.2, 0.25) is 0 Å². The van der Waals surface area contributed by atoms with E-state index < -0.39 is 8.07 Å². The number of aromatic nitrogens is 5. The van der Waals surface area contributed by atoms with Gasteiger partial charge in [-0.2, -0.15) is 0 Å². The van der Waals surface area contributed by atoms with Crippen LogP contribution in [0.15, 0.2) is 255 Å². The molecule has 0 spiro atoms. The fraction of sp³-hybridized carbons (Fsp3) is 0.137. The minimum atomic E-state index is -2.84. The Kier molecular flexibility index (Phi) is 10.7. The summed E-state index contributed by atoms with van der Waals surface area (Å²) >= 11 is 0. The molecule has 5 nitrogen and oxygen atoms in total. The topological polar surface area (TPSA) is 48.5 Å². The van der Waals surface area contributed by atoms with Crippen LogP contribution in [0.1, 0.15) is 44.3 Å². The highest BCUT2D eigenvalue weighted by Gasteiger charge is 2.53. The van der Waals surface area contributed by atoms with Crippen LogP contribution in [-0.4, -0.2) is 32.2 Å². The zero-order chi connectivity index (χ0) is 52.1. The molecule has 0 radical (unpaired) electrons. The van der Waals surface area contributed by atoms with Crippen molar-refractivity contribution in [2.45, 2.75) is 43.9 Å². The van der Waals surface area contributed by atoms with Gasteiger partial charge in [0.25, 0.3) is 0 Å². The van der Waals surface area contributed by atoms with Crippen LogP contribution in [-0.2, 0) is 5.41 Å². The highest BCUT2D eigenvalue weighted by Crippen LogP contribution is 2.60. The quantitative estimate of drug-likeness (QED) is 0.101. The van der Waals surface area contributed by atoms with E-state index in [-0.39, 0.29) is 5.41 Å². The average Bonchev–Trinajstić information content (AvgIpc) is 4.18. The summed E-state index contributed by atoms with van der Waals surface area (Å²) in [6.07, 6.45) is 7.53. The van der Waals surface area contributed by atoms with Crippen LogP contribution in [0.25, 0.3) is 88.9 Å². The molecule has 0 amide bonds. The van der Waals surface area contributed by atoms with Gasteiger partial charge in [-0.1, -0.05) is 206 Å². The van der Waals surface area contributed by atoms with E-state index in [4.69, 9.17) is 15.0 Å². The van der Waals surface area contributed by atoms with Gasteiger partial charge in [-0.15, -0.1) is 0 Å². The van der Waals surface area contributed by atoms with Gasteiger partial charge in [-0.05, 0) is 137 Å². The lowest BCUT2D eigenvalue weighted by molar-refractivity contribution is -0.00938. The smallest absolute Gasteiger partial charge is 0.179 e. The molecule has 0 N–H and O–H groups in total. The highest BCUT2D eigenvalue weighted by atomic mass is 28.3. The van der Waals surface area contributed by atoms with Crippen LogP contribution in [0, 0.1) is 17.8 Å². The standard InChI is InChI=1S/C73H57N5Si/c1-5-20-52(21-6-1)70-74-71(76-72(75-70)73-46-49-40-50(47-73)42-51(41-49)48-73)64-44-54(53-22-19-29-59(43-53)79(56-23-7-2-8-24-56,57-25-9-3-10-26-57)58-27-11-4-12-28-58)36-38-69(64)78-67-35-18-15-32-62(67)63-45-55(37-39-68(63)78)77-65-33-16-13-30-60(65)61-31-14-17-34-66(61)77/h1-39,43-45,49-51H,40-42,46-48H2. The SMILES string of the molecule is c1ccc(-c2nc(-c3cc(-c4cccc([Si](c5ccccc5)(c5ccccc5)c5ccccc5)c4)ccc3-n3c4ccccc4c4cc(-n5c6ccccc6c6ccccc65)ccc43)nc(C34CC5CC(CC(C5)C3)C4)n2)cc1. The molecule has 4 saturated carbocycles. The number of para-hydroxylation sites is 3. The van der Waals surface area contributed by atoms with Gasteiger partial charge in [0, 0.05) is 43.8 Å². The van der Waals surface area contributed by atoms with E-state index in [1.54, 1.807) is 0 Å². The minimum Gasteiger partial charge on any atom is -0.309 e. The summed E-state index contributed by atoms with van der Waals surface area (Å²) < 4.78 is 4.90. The Hall–Kier alpha value is -8.97. The van der Waals surface area contributed by atoms with Crippen LogP contribution in [0.3, 0.4) is 0 Å². The number of hydrogen-bond acceptors (Lipinski definition) is 3. The lowest BCUT2D eigenvalue weighted by Gasteiger charge is -2.56. The van der Waals surface area contributed by atoms with Crippen molar-refractivity contribution in [3.8, 4) is 45.3 Å². The van der Waals surface area contributed by atoms with Crippen LogP contribution in [0.2, 0.25) is 0 Å². The summed E-state index contributed by atoms with van der Waals surface area (Å²) in [7, 11) is -2.84. The first-order chi connectivity index (χ1) is 39.1. The molecule has 17 rings (SSSR count). The van der Waals surface area contributed by atoms with Crippen molar-refractivity contribution in [2.75, 3.05) is 0 Å². The van der Waals surface area contributed by atoms with Crippen molar-refractivity contribution in [1.29, 1.82) is 0 Å². The third-order valence-corrected chi connectivity index (χ3v) is 23.2. The van der Waals surface area contributed by atoms with E-state index in [0.717, 1.165) is 99.2 Å². The molecule has 4 fully saturated rings. The molecule has 378 valence electrons. The molecule has 3 heterocycles. The first-order valence-electron chi connectivity index (χ1n) is 28.3. The maximum absolute atomic E-state index is 5.83. The van der Waals surface area contributed by atoms with Crippen LogP contribution in [0.5, 0.6) is 0 Å². The second-order valence-corrected chi connectivity index (χ2v) is 26.8. The predicted molar refractivity (Wildman–Crippen MR) is 328 cm³/mol. The van der Waals surface area contributed by atoms with Gasteiger partial charge in [0.15, 0.2) is 19.7 Å². The Morgan fingerprint density at radius 1 is 0.342 bits per heavy atom. The number of nitrogens with zero attached hydrogens (tertiary/aromatic N) is 5. The Balaban J connectivity index is 0.947. The monoisotopic (exact) mass is 1030 g/mol. The maximum Gasteiger partial charge on any atom is 0.179 e. The van der Waals surface area contributed by atoms with E-state index in [1.165, 1.54) is 72.6 Å². The van der Waals surface area contributed by atoms with E-state index in [2.05, 4.69) is 264 Å². The second-order valence-electron chi connectivity index (χ2n) is 23.0. The van der Waals surface area contributed by atoms with Crippen molar-refractivity contribution in [1.82, 2.24) is 24.1 Å². The third-order valence-electron chi connectivity index (χ3n) is 18.4. The molecule has 0 atom stereocenters.